The Morgan fingerprint density at radius 1 is 1.10 bits per heavy atom. The minimum absolute atomic E-state index is 0.0969. The van der Waals surface area contributed by atoms with Gasteiger partial charge < -0.3 is 20.9 Å². The van der Waals surface area contributed by atoms with Gasteiger partial charge in [0.2, 0.25) is 0 Å². The zero-order chi connectivity index (χ0) is 13.9. The molecule has 20 heavy (non-hydrogen) atoms. The number of anilines is 2. The van der Waals surface area contributed by atoms with Crippen LogP contribution < -0.4 is 11.5 Å². The summed E-state index contributed by atoms with van der Waals surface area (Å²) in [6.07, 6.45) is 4.33. The van der Waals surface area contributed by atoms with Gasteiger partial charge >= 0.3 is 0 Å². The monoisotopic (exact) mass is 267 g/mol. The minimum Gasteiger partial charge on any atom is -0.469 e. The van der Waals surface area contributed by atoms with Crippen LogP contribution in [0.4, 0.5) is 11.4 Å². The molecule has 0 radical (unpaired) electrons. The Balaban J connectivity index is 2.03. The normalized spacial score (nSPS) is 12.4. The van der Waals surface area contributed by atoms with Crippen molar-refractivity contribution in [2.45, 2.75) is 12.3 Å². The van der Waals surface area contributed by atoms with Crippen molar-refractivity contribution in [2.24, 2.45) is 0 Å². The Morgan fingerprint density at radius 3 is 2.70 bits per heavy atom. The van der Waals surface area contributed by atoms with Crippen molar-refractivity contribution < 1.29 is 4.42 Å². The molecule has 0 saturated carbocycles. The Bertz CT molecular complexity index is 672. The summed E-state index contributed by atoms with van der Waals surface area (Å²) in [6.45, 7) is 0. The van der Waals surface area contributed by atoms with Crippen LogP contribution in [0.25, 0.3) is 0 Å². The maximum Gasteiger partial charge on any atom is 0.104 e. The van der Waals surface area contributed by atoms with Crippen LogP contribution in [0.1, 0.15) is 22.9 Å². The average molecular weight is 267 g/mol. The first-order valence-electron chi connectivity index (χ1n) is 6.54. The number of benzene rings is 1. The predicted molar refractivity (Wildman–Crippen MR) is 80.3 cm³/mol. The van der Waals surface area contributed by atoms with E-state index in [1.165, 1.54) is 0 Å². The fourth-order valence-corrected chi connectivity index (χ4v) is 2.47. The first-order valence-corrected chi connectivity index (χ1v) is 6.54. The molecule has 4 heteroatoms. The van der Waals surface area contributed by atoms with Crippen molar-refractivity contribution in [2.75, 3.05) is 11.5 Å². The Labute approximate surface area is 117 Å². The number of H-pyrrole nitrogens is 1. The van der Waals surface area contributed by atoms with Gasteiger partial charge in [-0.05, 0) is 48.0 Å². The molecule has 0 aliphatic rings. The quantitative estimate of drug-likeness (QED) is 0.635. The highest BCUT2D eigenvalue weighted by Crippen LogP contribution is 2.32. The summed E-state index contributed by atoms with van der Waals surface area (Å²) in [5.74, 6) is 1.02. The number of nitrogens with one attached hydrogen (secondary N) is 1. The third-order valence-electron chi connectivity index (χ3n) is 3.47. The molecule has 3 aromatic rings. The third kappa shape index (κ3) is 2.40. The van der Waals surface area contributed by atoms with E-state index in [-0.39, 0.29) is 5.92 Å². The minimum atomic E-state index is 0.0969. The summed E-state index contributed by atoms with van der Waals surface area (Å²) in [5.41, 5.74) is 15.6. The van der Waals surface area contributed by atoms with Crippen molar-refractivity contribution in [1.29, 1.82) is 0 Å². The number of nitrogen functional groups attached to an aromatic ring is 2. The zero-order valence-electron chi connectivity index (χ0n) is 11.0. The molecule has 0 aliphatic carbocycles. The van der Waals surface area contributed by atoms with Gasteiger partial charge in [-0.3, -0.25) is 0 Å². The number of aromatic nitrogens is 1. The van der Waals surface area contributed by atoms with Crippen molar-refractivity contribution in [3.05, 3.63) is 71.9 Å². The van der Waals surface area contributed by atoms with Gasteiger partial charge in [0.05, 0.1) is 6.26 Å². The first kappa shape index (κ1) is 12.4. The highest BCUT2D eigenvalue weighted by Gasteiger charge is 2.19. The van der Waals surface area contributed by atoms with Crippen LogP contribution in [0.2, 0.25) is 0 Å². The second-order valence-electron chi connectivity index (χ2n) is 4.85. The number of hydrogen-bond donors (Lipinski definition) is 3. The lowest BCUT2D eigenvalue weighted by Crippen LogP contribution is -2.08. The maximum atomic E-state index is 6.13. The highest BCUT2D eigenvalue weighted by atomic mass is 16.3. The largest absolute Gasteiger partial charge is 0.469 e. The number of nitrogens with two attached hydrogens (primary N) is 2. The number of rotatable bonds is 4. The summed E-state index contributed by atoms with van der Waals surface area (Å²) in [5, 5.41) is 0. The molecule has 0 saturated heterocycles. The standard InChI is InChI=1S/C16H17N3O/c17-11-5-6-15(18)13(9-11)14(16-4-1-7-19-16)10-12-3-2-8-20-12/h1-9,14,19H,10,17-18H2. The lowest BCUT2D eigenvalue weighted by atomic mass is 9.90. The summed E-state index contributed by atoms with van der Waals surface area (Å²) >= 11 is 0. The van der Waals surface area contributed by atoms with Crippen molar-refractivity contribution >= 4 is 11.4 Å². The van der Waals surface area contributed by atoms with Gasteiger partial charge in [-0.15, -0.1) is 0 Å². The molecule has 0 fully saturated rings. The number of furan rings is 1. The van der Waals surface area contributed by atoms with E-state index < -0.39 is 0 Å². The van der Waals surface area contributed by atoms with Crippen LogP contribution in [0.15, 0.2) is 59.3 Å². The highest BCUT2D eigenvalue weighted by molar-refractivity contribution is 5.58. The molecular formula is C16H17N3O. The van der Waals surface area contributed by atoms with Crippen LogP contribution in [-0.4, -0.2) is 4.98 Å². The third-order valence-corrected chi connectivity index (χ3v) is 3.47. The molecule has 2 aromatic heterocycles. The Morgan fingerprint density at radius 2 is 2.00 bits per heavy atom. The zero-order valence-corrected chi connectivity index (χ0v) is 11.0. The molecule has 0 spiro atoms. The van der Waals surface area contributed by atoms with Gasteiger partial charge in [-0.1, -0.05) is 0 Å². The van der Waals surface area contributed by atoms with E-state index in [0.717, 1.165) is 29.1 Å². The molecule has 0 amide bonds. The average Bonchev–Trinajstić information content (AvgIpc) is 3.11. The van der Waals surface area contributed by atoms with Gasteiger partial charge in [-0.2, -0.15) is 0 Å². The van der Waals surface area contributed by atoms with Gasteiger partial charge in [0.1, 0.15) is 5.76 Å². The van der Waals surface area contributed by atoms with E-state index in [2.05, 4.69) is 11.1 Å². The van der Waals surface area contributed by atoms with E-state index >= 15 is 0 Å². The molecule has 0 aliphatic heterocycles. The molecule has 0 bridgehead atoms. The topological polar surface area (TPSA) is 81.0 Å². The molecule has 3 rings (SSSR count). The van der Waals surface area contributed by atoms with Crippen molar-refractivity contribution in [1.82, 2.24) is 4.98 Å². The first-order chi connectivity index (χ1) is 9.74. The molecule has 5 N–H and O–H groups in total. The van der Waals surface area contributed by atoms with Crippen LogP contribution in [-0.2, 0) is 6.42 Å². The lowest BCUT2D eigenvalue weighted by molar-refractivity contribution is 0.497. The molecule has 2 heterocycles. The van der Waals surface area contributed by atoms with Gasteiger partial charge in [0.15, 0.2) is 0 Å². The van der Waals surface area contributed by atoms with E-state index in [1.54, 1.807) is 6.26 Å². The van der Waals surface area contributed by atoms with Crippen LogP contribution in [0, 0.1) is 0 Å². The molecule has 4 nitrogen and oxygen atoms in total. The van der Waals surface area contributed by atoms with Crippen LogP contribution in [0.3, 0.4) is 0 Å². The Hall–Kier alpha value is -2.62. The summed E-state index contributed by atoms with van der Waals surface area (Å²) in [7, 11) is 0. The van der Waals surface area contributed by atoms with Gasteiger partial charge in [-0.25, -0.2) is 0 Å². The molecular weight excluding hydrogens is 250 g/mol. The van der Waals surface area contributed by atoms with E-state index in [4.69, 9.17) is 15.9 Å². The van der Waals surface area contributed by atoms with Crippen molar-refractivity contribution in [3.63, 3.8) is 0 Å². The number of aromatic amines is 1. The number of hydrogen-bond acceptors (Lipinski definition) is 3. The molecule has 1 aromatic carbocycles. The lowest BCUT2D eigenvalue weighted by Gasteiger charge is -2.18. The van der Waals surface area contributed by atoms with Crippen LogP contribution >= 0.6 is 0 Å². The molecule has 102 valence electrons. The van der Waals surface area contributed by atoms with E-state index in [1.807, 2.05) is 42.6 Å². The molecule has 1 atom stereocenters. The van der Waals surface area contributed by atoms with E-state index in [9.17, 15) is 0 Å². The fourth-order valence-electron chi connectivity index (χ4n) is 2.47. The second kappa shape index (κ2) is 5.17. The van der Waals surface area contributed by atoms with Gasteiger partial charge in [0.25, 0.3) is 0 Å². The summed E-state index contributed by atoms with van der Waals surface area (Å²) in [4.78, 5) is 3.26. The smallest absolute Gasteiger partial charge is 0.104 e. The summed E-state index contributed by atoms with van der Waals surface area (Å²) < 4.78 is 5.47. The van der Waals surface area contributed by atoms with Crippen molar-refractivity contribution in [3.8, 4) is 0 Å². The van der Waals surface area contributed by atoms with Crippen LogP contribution in [0.5, 0.6) is 0 Å². The maximum absolute atomic E-state index is 6.13. The van der Waals surface area contributed by atoms with E-state index in [0.29, 0.717) is 5.69 Å². The summed E-state index contributed by atoms with van der Waals surface area (Å²) in [6, 6.07) is 13.5. The SMILES string of the molecule is Nc1ccc(N)c(C(Cc2ccco2)c2ccc[nH]2)c1. The predicted octanol–water partition coefficient (Wildman–Crippen LogP) is 3.15. The fraction of sp³-hybridized carbons (Fsp3) is 0.125. The molecule has 1 unspecified atom stereocenters. The Kier molecular flexibility index (Phi) is 3.21. The second-order valence-corrected chi connectivity index (χ2v) is 4.85. The van der Waals surface area contributed by atoms with Gasteiger partial charge in [0, 0.05) is 35.6 Å².